The maximum Gasteiger partial charge on any atom is 0.0955 e. The number of halogens is 1. The van der Waals surface area contributed by atoms with E-state index in [1.807, 2.05) is 0 Å². The summed E-state index contributed by atoms with van der Waals surface area (Å²) >= 11 is 0. The molecule has 0 radical (unpaired) electrons. The topological polar surface area (TPSA) is 26.0 Å². The fourth-order valence-electron chi connectivity index (χ4n) is 2.36. The van der Waals surface area contributed by atoms with E-state index in [-0.39, 0.29) is 12.4 Å². The molecular weight excluding hydrogens is 256 g/mol. The Bertz CT molecular complexity index is 167. The van der Waals surface area contributed by atoms with E-state index in [0.717, 1.165) is 6.54 Å². The summed E-state index contributed by atoms with van der Waals surface area (Å²) in [6, 6.07) is 0. The van der Waals surface area contributed by atoms with Crippen LogP contribution in [0, 0.1) is 0 Å². The summed E-state index contributed by atoms with van der Waals surface area (Å²) in [6.45, 7) is 3.39. The monoisotopic (exact) mass is 292 g/mol. The minimum atomic E-state index is 0. The molecule has 0 aliphatic rings. The third kappa shape index (κ3) is 20.7. The van der Waals surface area contributed by atoms with Crippen LogP contribution in [0.3, 0.4) is 0 Å². The Morgan fingerprint density at radius 1 is 0.632 bits per heavy atom. The zero-order valence-corrected chi connectivity index (χ0v) is 14.4. The van der Waals surface area contributed by atoms with Crippen molar-refractivity contribution >= 4 is 0 Å². The molecule has 0 saturated heterocycles. The molecule has 0 aromatic heterocycles. The third-order valence-electron chi connectivity index (χ3n) is 3.59. The van der Waals surface area contributed by atoms with Gasteiger partial charge in [0.25, 0.3) is 0 Å². The van der Waals surface area contributed by atoms with Crippen LogP contribution >= 0.6 is 0 Å². The first-order valence-corrected chi connectivity index (χ1v) is 8.18. The Morgan fingerprint density at radius 2 is 0.947 bits per heavy atom. The molecular formula is C16H37ClN2. The molecule has 0 fully saturated rings. The number of nitrogens with two attached hydrogens (primary N) is 1. The fourth-order valence-corrected chi connectivity index (χ4v) is 2.36. The summed E-state index contributed by atoms with van der Waals surface area (Å²) < 4.78 is 0.623. The molecule has 2 N–H and O–H groups in total. The number of quaternary nitrogens is 1. The predicted octanol–water partition coefficient (Wildman–Crippen LogP) is 1.64. The molecule has 0 rings (SSSR count). The quantitative estimate of drug-likeness (QED) is 0.237. The number of unbranched alkanes of at least 4 members (excludes halogenated alkanes) is 11. The van der Waals surface area contributed by atoms with Crippen LogP contribution in [0.25, 0.3) is 0 Å². The molecule has 118 valence electrons. The van der Waals surface area contributed by atoms with Crippen molar-refractivity contribution < 1.29 is 17.0 Å². The molecule has 0 heterocycles. The minimum Gasteiger partial charge on any atom is -1.00 e. The average Bonchev–Trinajstić information content (AvgIpc) is 2.29. The number of rotatable bonds is 13. The highest BCUT2D eigenvalue weighted by molar-refractivity contribution is 4.48. The zero-order chi connectivity index (χ0) is 13.7. The second kappa shape index (κ2) is 14.6. The highest BCUT2D eigenvalue weighted by atomic mass is 35.5. The smallest absolute Gasteiger partial charge is 0.0955 e. The molecule has 19 heavy (non-hydrogen) atoms. The molecule has 0 bridgehead atoms. The van der Waals surface area contributed by atoms with Crippen LogP contribution < -0.4 is 18.2 Å². The first kappa shape index (κ1) is 21.5. The Balaban J connectivity index is 0. The summed E-state index contributed by atoms with van der Waals surface area (Å²) in [5, 5.41) is 0. The summed E-state index contributed by atoms with van der Waals surface area (Å²) in [5.41, 5.74) is 0. The second-order valence-electron chi connectivity index (χ2n) is 6.39. The average molecular weight is 293 g/mol. The van der Waals surface area contributed by atoms with E-state index in [2.05, 4.69) is 21.0 Å². The molecule has 0 spiro atoms. The Labute approximate surface area is 128 Å². The predicted molar refractivity (Wildman–Crippen MR) is 82.2 cm³/mol. The van der Waals surface area contributed by atoms with Gasteiger partial charge in [-0.25, -0.2) is 0 Å². The summed E-state index contributed by atoms with van der Waals surface area (Å²) in [6.07, 6.45) is 16.9. The van der Waals surface area contributed by atoms with Crippen LogP contribution in [-0.4, -0.2) is 25.2 Å². The van der Waals surface area contributed by atoms with Crippen molar-refractivity contribution in [3.05, 3.63) is 0 Å². The standard InChI is InChI=1S/C16H37N2.ClH/c1-4-5-6-7-8-9-10-11-12-13-14-15-16-18(2,3)17;/h4-17H2,1-3H3;1H/q+1;/p-1. The van der Waals surface area contributed by atoms with Gasteiger partial charge in [-0.1, -0.05) is 71.1 Å². The lowest BCUT2D eigenvalue weighted by Crippen LogP contribution is -3.00. The van der Waals surface area contributed by atoms with Crippen molar-refractivity contribution in [3.63, 3.8) is 0 Å². The third-order valence-corrected chi connectivity index (χ3v) is 3.59. The Hall–Kier alpha value is 0.210. The number of hydrogen-bond donors (Lipinski definition) is 1. The van der Waals surface area contributed by atoms with E-state index in [1.165, 1.54) is 77.0 Å². The van der Waals surface area contributed by atoms with Crippen LogP contribution in [0.2, 0.25) is 0 Å². The Kier molecular flexibility index (Phi) is 16.5. The van der Waals surface area contributed by atoms with Crippen molar-refractivity contribution in [2.45, 2.75) is 84.0 Å². The van der Waals surface area contributed by atoms with Gasteiger partial charge in [0.2, 0.25) is 0 Å². The van der Waals surface area contributed by atoms with Crippen LogP contribution in [0.15, 0.2) is 0 Å². The van der Waals surface area contributed by atoms with Gasteiger partial charge in [0.15, 0.2) is 0 Å². The molecule has 0 aliphatic carbocycles. The van der Waals surface area contributed by atoms with E-state index < -0.39 is 0 Å². The number of nitrogens with zero attached hydrogens (tertiary/aromatic N) is 1. The van der Waals surface area contributed by atoms with Gasteiger partial charge in [-0.2, -0.15) is 5.84 Å². The molecule has 3 heteroatoms. The van der Waals surface area contributed by atoms with Crippen molar-refractivity contribution in [1.29, 1.82) is 0 Å². The first-order valence-electron chi connectivity index (χ1n) is 8.18. The van der Waals surface area contributed by atoms with Crippen LogP contribution in [0.5, 0.6) is 0 Å². The molecule has 0 aromatic carbocycles. The maximum atomic E-state index is 5.90. The summed E-state index contributed by atoms with van der Waals surface area (Å²) in [7, 11) is 4.14. The van der Waals surface area contributed by atoms with Gasteiger partial charge >= 0.3 is 0 Å². The maximum absolute atomic E-state index is 5.90. The van der Waals surface area contributed by atoms with Crippen molar-refractivity contribution in [2.75, 3.05) is 20.6 Å². The minimum absolute atomic E-state index is 0. The lowest BCUT2D eigenvalue weighted by atomic mass is 10.1. The molecule has 0 unspecified atom stereocenters. The fraction of sp³-hybridized carbons (Fsp3) is 1.00. The summed E-state index contributed by atoms with van der Waals surface area (Å²) in [4.78, 5) is 0. The Morgan fingerprint density at radius 3 is 1.26 bits per heavy atom. The largest absolute Gasteiger partial charge is 1.00 e. The SMILES string of the molecule is CCCCCCCCCCCCCC[N+](C)(C)N.[Cl-]. The van der Waals surface area contributed by atoms with Crippen LogP contribution in [0.4, 0.5) is 0 Å². The van der Waals surface area contributed by atoms with Gasteiger partial charge in [-0.15, -0.1) is 0 Å². The molecule has 0 aromatic rings. The van der Waals surface area contributed by atoms with E-state index in [1.54, 1.807) is 0 Å². The van der Waals surface area contributed by atoms with Gasteiger partial charge in [0.1, 0.15) is 0 Å². The van der Waals surface area contributed by atoms with Gasteiger partial charge in [-0.05, 0) is 12.8 Å². The van der Waals surface area contributed by atoms with Crippen molar-refractivity contribution in [2.24, 2.45) is 5.84 Å². The summed E-state index contributed by atoms with van der Waals surface area (Å²) in [5.74, 6) is 5.90. The van der Waals surface area contributed by atoms with Gasteiger partial charge in [0.05, 0.1) is 20.6 Å². The normalized spacial score (nSPS) is 11.4. The van der Waals surface area contributed by atoms with Crippen LogP contribution in [0.1, 0.15) is 84.0 Å². The van der Waals surface area contributed by atoms with E-state index >= 15 is 0 Å². The molecule has 0 amide bonds. The molecule has 2 nitrogen and oxygen atoms in total. The highest BCUT2D eigenvalue weighted by Gasteiger charge is 2.06. The highest BCUT2D eigenvalue weighted by Crippen LogP contribution is 2.12. The molecule has 0 aliphatic heterocycles. The van der Waals surface area contributed by atoms with E-state index in [0.29, 0.717) is 4.59 Å². The molecule has 0 atom stereocenters. The van der Waals surface area contributed by atoms with Crippen LogP contribution in [-0.2, 0) is 0 Å². The second-order valence-corrected chi connectivity index (χ2v) is 6.39. The van der Waals surface area contributed by atoms with Crippen molar-refractivity contribution in [1.82, 2.24) is 0 Å². The zero-order valence-electron chi connectivity index (χ0n) is 13.6. The molecule has 0 saturated carbocycles. The van der Waals surface area contributed by atoms with Gasteiger partial charge < -0.3 is 12.4 Å². The van der Waals surface area contributed by atoms with Gasteiger partial charge in [0, 0.05) is 0 Å². The van der Waals surface area contributed by atoms with Crippen molar-refractivity contribution in [3.8, 4) is 0 Å². The first-order chi connectivity index (χ1) is 8.56. The van der Waals surface area contributed by atoms with E-state index in [9.17, 15) is 0 Å². The van der Waals surface area contributed by atoms with E-state index in [4.69, 9.17) is 5.84 Å². The lowest BCUT2D eigenvalue weighted by molar-refractivity contribution is -0.902. The lowest BCUT2D eigenvalue weighted by Gasteiger charge is -2.21. The van der Waals surface area contributed by atoms with Gasteiger partial charge in [-0.3, -0.25) is 4.59 Å². The number of hydrogen-bond acceptors (Lipinski definition) is 1.